The highest BCUT2D eigenvalue weighted by Crippen LogP contribution is 2.42. The molecule has 130 valence electrons. The topological polar surface area (TPSA) is 69.0 Å². The first kappa shape index (κ1) is 17.7. The number of ether oxygens (including phenoxy) is 1. The van der Waals surface area contributed by atoms with Gasteiger partial charge in [-0.15, -0.1) is 0 Å². The summed E-state index contributed by atoms with van der Waals surface area (Å²) in [6.45, 7) is 6.65. The van der Waals surface area contributed by atoms with Gasteiger partial charge in [0.15, 0.2) is 6.04 Å². The summed E-state index contributed by atoms with van der Waals surface area (Å²) in [5.74, 6) is -0.961. The van der Waals surface area contributed by atoms with Crippen LogP contribution in [0, 0.1) is 5.92 Å². The Kier molecular flexibility index (Phi) is 4.44. The van der Waals surface area contributed by atoms with Gasteiger partial charge in [0.25, 0.3) is 0 Å². The molecule has 0 saturated carbocycles. The Bertz CT molecular complexity index is 555. The molecule has 1 saturated heterocycles. The first-order valence-corrected chi connectivity index (χ1v) is 7.31. The number of alkyl halides is 3. The molecule has 1 aliphatic heterocycles. The molecule has 1 amide bonds. The van der Waals surface area contributed by atoms with Crippen LogP contribution in [-0.2, 0) is 9.53 Å². The van der Waals surface area contributed by atoms with Gasteiger partial charge >= 0.3 is 6.18 Å². The van der Waals surface area contributed by atoms with Gasteiger partial charge in [-0.05, 0) is 34.1 Å². The second kappa shape index (κ2) is 5.77. The first-order valence-electron chi connectivity index (χ1n) is 7.31. The molecule has 0 aliphatic carbocycles. The summed E-state index contributed by atoms with van der Waals surface area (Å²) in [6.07, 6.45) is -2.08. The molecule has 0 bridgehead atoms. The lowest BCUT2D eigenvalue weighted by Gasteiger charge is -2.27. The van der Waals surface area contributed by atoms with E-state index in [4.69, 9.17) is 4.74 Å². The van der Waals surface area contributed by atoms with E-state index in [0.29, 0.717) is 11.1 Å². The van der Waals surface area contributed by atoms with Crippen LogP contribution < -0.4 is 5.32 Å². The van der Waals surface area contributed by atoms with Crippen molar-refractivity contribution < 1.29 is 22.7 Å². The van der Waals surface area contributed by atoms with Crippen LogP contribution in [0.4, 0.5) is 13.2 Å². The largest absolute Gasteiger partial charge is 0.412 e. The van der Waals surface area contributed by atoms with Gasteiger partial charge in [0.2, 0.25) is 5.91 Å². The Morgan fingerprint density at radius 2 is 2.09 bits per heavy atom. The summed E-state index contributed by atoms with van der Waals surface area (Å²) in [7, 11) is 0. The maximum Gasteiger partial charge on any atom is 0.412 e. The number of carbonyl (C=O) groups is 1. The SMILES string of the molecule is CC1(C)CC(C(=O)NCC(n2cncn2)C(F)(F)F)C(C)(C)O1. The van der Waals surface area contributed by atoms with Gasteiger partial charge in [-0.3, -0.25) is 4.79 Å². The number of rotatable bonds is 4. The van der Waals surface area contributed by atoms with Crippen LogP contribution in [0.3, 0.4) is 0 Å². The average molecular weight is 334 g/mol. The lowest BCUT2D eigenvalue weighted by molar-refractivity contribution is -0.170. The highest BCUT2D eigenvalue weighted by Gasteiger charge is 2.50. The van der Waals surface area contributed by atoms with Gasteiger partial charge in [0.1, 0.15) is 12.7 Å². The van der Waals surface area contributed by atoms with Crippen molar-refractivity contribution in [1.29, 1.82) is 0 Å². The predicted molar refractivity (Wildman–Crippen MR) is 75.5 cm³/mol. The normalized spacial score (nSPS) is 24.4. The Balaban J connectivity index is 2.05. The molecular weight excluding hydrogens is 313 g/mol. The molecule has 1 aliphatic rings. The third kappa shape index (κ3) is 4.01. The van der Waals surface area contributed by atoms with Crippen molar-refractivity contribution in [3.8, 4) is 0 Å². The minimum Gasteiger partial charge on any atom is -0.369 e. The van der Waals surface area contributed by atoms with Crippen LogP contribution in [0.1, 0.15) is 40.2 Å². The molecule has 2 heterocycles. The highest BCUT2D eigenvalue weighted by molar-refractivity contribution is 5.80. The van der Waals surface area contributed by atoms with E-state index in [1.165, 1.54) is 0 Å². The standard InChI is InChI=1S/C14H21F3N4O2/c1-12(2)5-9(13(3,4)23-12)11(22)19-6-10(14(15,16)17)21-8-18-7-20-21/h7-10H,5-6H2,1-4H3,(H,19,22). The summed E-state index contributed by atoms with van der Waals surface area (Å²) >= 11 is 0. The van der Waals surface area contributed by atoms with Crippen molar-refractivity contribution in [3.63, 3.8) is 0 Å². The molecule has 23 heavy (non-hydrogen) atoms. The summed E-state index contributed by atoms with van der Waals surface area (Å²) < 4.78 is 45.9. The van der Waals surface area contributed by atoms with Crippen LogP contribution in [0.5, 0.6) is 0 Å². The van der Waals surface area contributed by atoms with Gasteiger partial charge in [-0.1, -0.05) is 0 Å². The maximum absolute atomic E-state index is 13.1. The van der Waals surface area contributed by atoms with Crippen LogP contribution in [0.25, 0.3) is 0 Å². The van der Waals surface area contributed by atoms with Crippen molar-refractivity contribution in [3.05, 3.63) is 12.7 Å². The lowest BCUT2D eigenvalue weighted by Crippen LogP contribution is -2.44. The molecule has 6 nitrogen and oxygen atoms in total. The first-order chi connectivity index (χ1) is 10.4. The van der Waals surface area contributed by atoms with E-state index in [0.717, 1.165) is 12.7 Å². The minimum absolute atomic E-state index is 0.449. The molecule has 1 aromatic heterocycles. The van der Waals surface area contributed by atoms with Gasteiger partial charge in [-0.25, -0.2) is 9.67 Å². The molecule has 1 N–H and O–H groups in total. The zero-order valence-electron chi connectivity index (χ0n) is 13.5. The number of nitrogens with one attached hydrogen (secondary N) is 1. The molecule has 1 fully saturated rings. The summed E-state index contributed by atoms with van der Waals surface area (Å²) in [6, 6.07) is -1.95. The van der Waals surface area contributed by atoms with Crippen LogP contribution in [0.2, 0.25) is 0 Å². The number of nitrogens with zero attached hydrogens (tertiary/aromatic N) is 3. The summed E-state index contributed by atoms with van der Waals surface area (Å²) in [5.41, 5.74) is -1.21. The van der Waals surface area contributed by atoms with E-state index in [9.17, 15) is 18.0 Å². The second-order valence-electron chi connectivity index (χ2n) is 6.90. The number of hydrogen-bond donors (Lipinski definition) is 1. The molecule has 2 rings (SSSR count). The fourth-order valence-corrected chi connectivity index (χ4v) is 3.03. The fraction of sp³-hybridized carbons (Fsp3) is 0.786. The maximum atomic E-state index is 13.1. The van der Waals surface area contributed by atoms with E-state index in [1.807, 2.05) is 13.8 Å². The lowest BCUT2D eigenvalue weighted by atomic mass is 9.86. The number of aromatic nitrogens is 3. The number of halogens is 3. The van der Waals surface area contributed by atoms with Gasteiger partial charge < -0.3 is 10.1 Å². The predicted octanol–water partition coefficient (Wildman–Crippen LogP) is 2.09. The quantitative estimate of drug-likeness (QED) is 0.915. The van der Waals surface area contributed by atoms with Gasteiger partial charge in [-0.2, -0.15) is 18.3 Å². The molecule has 2 atom stereocenters. The van der Waals surface area contributed by atoms with Gasteiger partial charge in [0.05, 0.1) is 17.1 Å². The molecular formula is C14H21F3N4O2. The zero-order valence-corrected chi connectivity index (χ0v) is 13.5. The highest BCUT2D eigenvalue weighted by atomic mass is 19.4. The van der Waals surface area contributed by atoms with Crippen molar-refractivity contribution in [2.24, 2.45) is 5.92 Å². The molecule has 9 heteroatoms. The number of amides is 1. The monoisotopic (exact) mass is 334 g/mol. The van der Waals surface area contributed by atoms with Crippen LogP contribution >= 0.6 is 0 Å². The average Bonchev–Trinajstić information content (AvgIpc) is 2.93. The van der Waals surface area contributed by atoms with Crippen molar-refractivity contribution in [1.82, 2.24) is 20.1 Å². The van der Waals surface area contributed by atoms with E-state index < -0.39 is 41.8 Å². The summed E-state index contributed by atoms with van der Waals surface area (Å²) in [5, 5.41) is 5.91. The number of carbonyl (C=O) groups excluding carboxylic acids is 1. The van der Waals surface area contributed by atoms with Crippen LogP contribution in [-0.4, -0.2) is 44.6 Å². The molecule has 0 aromatic carbocycles. The Morgan fingerprint density at radius 3 is 2.52 bits per heavy atom. The van der Waals surface area contributed by atoms with E-state index >= 15 is 0 Å². The van der Waals surface area contributed by atoms with E-state index in [1.54, 1.807) is 13.8 Å². The fourth-order valence-electron chi connectivity index (χ4n) is 3.03. The molecule has 0 radical (unpaired) electrons. The second-order valence-corrected chi connectivity index (χ2v) is 6.90. The van der Waals surface area contributed by atoms with Crippen molar-refractivity contribution in [2.75, 3.05) is 6.54 Å². The Morgan fingerprint density at radius 1 is 1.43 bits per heavy atom. The summed E-state index contributed by atoms with van der Waals surface area (Å²) in [4.78, 5) is 15.9. The minimum atomic E-state index is -4.54. The van der Waals surface area contributed by atoms with Crippen molar-refractivity contribution >= 4 is 5.91 Å². The number of hydrogen-bond acceptors (Lipinski definition) is 4. The third-order valence-corrected chi connectivity index (χ3v) is 3.99. The van der Waals surface area contributed by atoms with Gasteiger partial charge in [0, 0.05) is 6.54 Å². The van der Waals surface area contributed by atoms with E-state index in [2.05, 4.69) is 15.4 Å². The molecule has 1 aromatic rings. The molecule has 0 spiro atoms. The van der Waals surface area contributed by atoms with Crippen molar-refractivity contribution in [2.45, 2.75) is 57.5 Å². The zero-order chi connectivity index (χ0) is 17.5. The molecule has 2 unspecified atom stereocenters. The Hall–Kier alpha value is -1.64. The van der Waals surface area contributed by atoms with Crippen LogP contribution in [0.15, 0.2) is 12.7 Å². The Labute approximate surface area is 132 Å². The third-order valence-electron chi connectivity index (χ3n) is 3.99. The smallest absolute Gasteiger partial charge is 0.369 e. The van der Waals surface area contributed by atoms with E-state index in [-0.39, 0.29) is 0 Å².